The number of rotatable bonds is 3. The van der Waals surface area contributed by atoms with Crippen LogP contribution in [0.4, 0.5) is 0 Å². The Bertz CT molecular complexity index is 577. The van der Waals surface area contributed by atoms with Crippen LogP contribution in [0.2, 0.25) is 0 Å². The van der Waals surface area contributed by atoms with E-state index in [2.05, 4.69) is 5.16 Å². The summed E-state index contributed by atoms with van der Waals surface area (Å²) in [5.41, 5.74) is 2.46. The van der Waals surface area contributed by atoms with Gasteiger partial charge in [-0.2, -0.15) is 0 Å². The molecule has 0 fully saturated rings. The van der Waals surface area contributed by atoms with Crippen LogP contribution in [0, 0.1) is 0 Å². The summed E-state index contributed by atoms with van der Waals surface area (Å²) in [7, 11) is 0. The van der Waals surface area contributed by atoms with Crippen molar-refractivity contribution >= 4 is 22.6 Å². The molecule has 0 atom stereocenters. The SMILES string of the molecule is O=C(/C(Cl)=N/O)c1ccc(-c2ccccc2)cc1. The first-order valence-electron chi connectivity index (χ1n) is 5.30. The fraction of sp³-hybridized carbons (Fsp3) is 0. The monoisotopic (exact) mass is 259 g/mol. The molecular formula is C14H10ClNO2. The summed E-state index contributed by atoms with van der Waals surface area (Å²) in [4.78, 5) is 11.6. The van der Waals surface area contributed by atoms with E-state index in [0.29, 0.717) is 5.56 Å². The first-order valence-corrected chi connectivity index (χ1v) is 5.68. The van der Waals surface area contributed by atoms with Crippen LogP contribution < -0.4 is 0 Å². The maximum atomic E-state index is 11.6. The van der Waals surface area contributed by atoms with Gasteiger partial charge in [0.05, 0.1) is 0 Å². The Labute approximate surface area is 109 Å². The van der Waals surface area contributed by atoms with Crippen molar-refractivity contribution in [2.45, 2.75) is 0 Å². The van der Waals surface area contributed by atoms with E-state index >= 15 is 0 Å². The molecule has 0 saturated carbocycles. The summed E-state index contributed by atoms with van der Waals surface area (Å²) < 4.78 is 0. The Hall–Kier alpha value is -2.13. The summed E-state index contributed by atoms with van der Waals surface area (Å²) >= 11 is 5.46. The van der Waals surface area contributed by atoms with Gasteiger partial charge in [0.15, 0.2) is 0 Å². The minimum Gasteiger partial charge on any atom is -0.410 e. The third-order valence-corrected chi connectivity index (χ3v) is 2.78. The van der Waals surface area contributed by atoms with E-state index in [1.807, 2.05) is 42.5 Å². The molecule has 0 amide bonds. The Morgan fingerprint density at radius 2 is 1.50 bits per heavy atom. The second-order valence-electron chi connectivity index (χ2n) is 3.66. The highest BCUT2D eigenvalue weighted by Gasteiger charge is 2.11. The van der Waals surface area contributed by atoms with Crippen molar-refractivity contribution < 1.29 is 10.0 Å². The zero-order valence-corrected chi connectivity index (χ0v) is 10.1. The lowest BCUT2D eigenvalue weighted by molar-refractivity contribution is 0.106. The lowest BCUT2D eigenvalue weighted by Gasteiger charge is -2.02. The highest BCUT2D eigenvalue weighted by atomic mass is 35.5. The van der Waals surface area contributed by atoms with Gasteiger partial charge in [-0.15, -0.1) is 0 Å². The van der Waals surface area contributed by atoms with Gasteiger partial charge in [-0.3, -0.25) is 4.79 Å². The number of benzene rings is 2. The van der Waals surface area contributed by atoms with Gasteiger partial charge in [0, 0.05) is 5.56 Å². The maximum Gasteiger partial charge on any atom is 0.226 e. The van der Waals surface area contributed by atoms with Crippen molar-refractivity contribution in [3.05, 3.63) is 60.2 Å². The fourth-order valence-electron chi connectivity index (χ4n) is 1.61. The first kappa shape index (κ1) is 12.3. The average Bonchev–Trinajstić information content (AvgIpc) is 2.47. The smallest absolute Gasteiger partial charge is 0.226 e. The molecule has 2 rings (SSSR count). The summed E-state index contributed by atoms with van der Waals surface area (Å²) in [6, 6.07) is 16.8. The van der Waals surface area contributed by atoms with Crippen molar-refractivity contribution in [1.29, 1.82) is 0 Å². The molecule has 0 bridgehead atoms. The maximum absolute atomic E-state index is 11.6. The Morgan fingerprint density at radius 3 is 2.06 bits per heavy atom. The van der Waals surface area contributed by atoms with E-state index in [1.54, 1.807) is 12.1 Å². The average molecular weight is 260 g/mol. The van der Waals surface area contributed by atoms with Gasteiger partial charge >= 0.3 is 0 Å². The van der Waals surface area contributed by atoms with Gasteiger partial charge in [0.25, 0.3) is 0 Å². The quantitative estimate of drug-likeness (QED) is 0.397. The number of hydrogen-bond donors (Lipinski definition) is 1. The molecule has 18 heavy (non-hydrogen) atoms. The van der Waals surface area contributed by atoms with Crippen LogP contribution >= 0.6 is 11.6 Å². The number of carbonyl (C=O) groups is 1. The molecule has 0 spiro atoms. The van der Waals surface area contributed by atoms with E-state index < -0.39 is 11.0 Å². The fourth-order valence-corrected chi connectivity index (χ4v) is 1.72. The molecule has 4 heteroatoms. The topological polar surface area (TPSA) is 49.7 Å². The molecule has 0 heterocycles. The highest BCUT2D eigenvalue weighted by Crippen LogP contribution is 2.19. The number of hydrogen-bond acceptors (Lipinski definition) is 3. The first-order chi connectivity index (χ1) is 8.72. The van der Waals surface area contributed by atoms with Crippen molar-refractivity contribution in [1.82, 2.24) is 0 Å². The minimum atomic E-state index is -0.501. The predicted octanol–water partition coefficient (Wildman–Crippen LogP) is 3.56. The Balaban J connectivity index is 2.29. The van der Waals surface area contributed by atoms with Crippen molar-refractivity contribution in [2.24, 2.45) is 5.16 Å². The molecule has 0 aliphatic carbocycles. The van der Waals surface area contributed by atoms with Gasteiger partial charge in [-0.05, 0) is 11.1 Å². The normalized spacial score (nSPS) is 11.3. The zero-order valence-electron chi connectivity index (χ0n) is 9.38. The third-order valence-electron chi connectivity index (χ3n) is 2.53. The molecule has 2 aromatic carbocycles. The van der Waals surface area contributed by atoms with Crippen LogP contribution in [0.1, 0.15) is 10.4 Å². The molecule has 0 aliphatic heterocycles. The lowest BCUT2D eigenvalue weighted by atomic mass is 10.0. The van der Waals surface area contributed by atoms with E-state index in [-0.39, 0.29) is 0 Å². The molecule has 2 aromatic rings. The largest absolute Gasteiger partial charge is 0.410 e. The van der Waals surface area contributed by atoms with Crippen LogP contribution in [-0.4, -0.2) is 16.2 Å². The Morgan fingerprint density at radius 1 is 0.944 bits per heavy atom. The highest BCUT2D eigenvalue weighted by molar-refractivity contribution is 6.84. The second-order valence-corrected chi connectivity index (χ2v) is 4.02. The van der Waals surface area contributed by atoms with E-state index in [0.717, 1.165) is 11.1 Å². The van der Waals surface area contributed by atoms with E-state index in [1.165, 1.54) is 0 Å². The molecule has 90 valence electrons. The summed E-state index contributed by atoms with van der Waals surface area (Å²) in [5.74, 6) is -0.501. The third kappa shape index (κ3) is 2.57. The number of Topliss-reactive ketones (excluding diaryl/α,β-unsaturated/α-hetero) is 1. The number of ketones is 1. The molecular weight excluding hydrogens is 250 g/mol. The molecule has 3 nitrogen and oxygen atoms in total. The van der Waals surface area contributed by atoms with E-state index in [4.69, 9.17) is 16.8 Å². The van der Waals surface area contributed by atoms with Crippen LogP contribution in [-0.2, 0) is 0 Å². The van der Waals surface area contributed by atoms with Gasteiger partial charge in [-0.1, -0.05) is 71.4 Å². The molecule has 0 radical (unpaired) electrons. The number of nitrogens with zero attached hydrogens (tertiary/aromatic N) is 1. The molecule has 0 saturated heterocycles. The van der Waals surface area contributed by atoms with Crippen molar-refractivity contribution in [2.75, 3.05) is 0 Å². The standard InChI is InChI=1S/C14H10ClNO2/c15-14(16-18)13(17)12-8-6-11(7-9-12)10-4-2-1-3-5-10/h1-9,18H/b16-14-. The summed E-state index contributed by atoms with van der Waals surface area (Å²) in [5, 5.41) is 10.7. The van der Waals surface area contributed by atoms with Crippen LogP contribution in [0.15, 0.2) is 59.8 Å². The van der Waals surface area contributed by atoms with Crippen LogP contribution in [0.5, 0.6) is 0 Å². The lowest BCUT2D eigenvalue weighted by Crippen LogP contribution is -2.07. The number of oxime groups is 1. The minimum absolute atomic E-state index is 0.387. The number of halogens is 1. The van der Waals surface area contributed by atoms with Gasteiger partial charge < -0.3 is 5.21 Å². The molecule has 0 aliphatic rings. The van der Waals surface area contributed by atoms with E-state index in [9.17, 15) is 4.79 Å². The van der Waals surface area contributed by atoms with Gasteiger partial charge in [0.1, 0.15) is 0 Å². The second kappa shape index (κ2) is 5.47. The molecule has 1 N–H and O–H groups in total. The van der Waals surface area contributed by atoms with Crippen LogP contribution in [0.3, 0.4) is 0 Å². The summed E-state index contributed by atoms with van der Waals surface area (Å²) in [6.45, 7) is 0. The van der Waals surface area contributed by atoms with Crippen molar-refractivity contribution in [3.8, 4) is 11.1 Å². The zero-order chi connectivity index (χ0) is 13.0. The predicted molar refractivity (Wildman–Crippen MR) is 71.3 cm³/mol. The molecule has 0 unspecified atom stereocenters. The van der Waals surface area contributed by atoms with Gasteiger partial charge in [0.2, 0.25) is 11.0 Å². The van der Waals surface area contributed by atoms with Gasteiger partial charge in [-0.25, -0.2) is 0 Å². The molecule has 0 aromatic heterocycles. The van der Waals surface area contributed by atoms with Crippen LogP contribution in [0.25, 0.3) is 11.1 Å². The number of carbonyl (C=O) groups excluding carboxylic acids is 1. The summed E-state index contributed by atoms with van der Waals surface area (Å²) in [6.07, 6.45) is 0. The van der Waals surface area contributed by atoms with Crippen molar-refractivity contribution in [3.63, 3.8) is 0 Å². The Kier molecular flexibility index (Phi) is 3.75.